The van der Waals surface area contributed by atoms with Crippen LogP contribution in [0.1, 0.15) is 50.7 Å². The van der Waals surface area contributed by atoms with E-state index in [9.17, 15) is 13.9 Å². The first-order valence-electron chi connectivity index (χ1n) is 6.22. The Bertz CT molecular complexity index is 397. The SMILES string of the molecule is CCC1(C(O)c2ccc(F)cc2F)CCCC1. The molecule has 0 aliphatic heterocycles. The molecule has 0 spiro atoms. The van der Waals surface area contributed by atoms with E-state index in [1.54, 1.807) is 0 Å². The molecule has 1 aromatic carbocycles. The average molecular weight is 240 g/mol. The summed E-state index contributed by atoms with van der Waals surface area (Å²) < 4.78 is 26.5. The zero-order valence-corrected chi connectivity index (χ0v) is 10.0. The van der Waals surface area contributed by atoms with E-state index < -0.39 is 17.7 Å². The van der Waals surface area contributed by atoms with Crippen LogP contribution in [0.3, 0.4) is 0 Å². The van der Waals surface area contributed by atoms with Gasteiger partial charge in [-0.3, -0.25) is 0 Å². The summed E-state index contributed by atoms with van der Waals surface area (Å²) in [4.78, 5) is 0. The molecule has 1 atom stereocenters. The second kappa shape index (κ2) is 4.73. The Morgan fingerprint density at radius 2 is 1.94 bits per heavy atom. The zero-order chi connectivity index (χ0) is 12.5. The van der Waals surface area contributed by atoms with Crippen LogP contribution in [0.2, 0.25) is 0 Å². The van der Waals surface area contributed by atoms with Gasteiger partial charge in [-0.2, -0.15) is 0 Å². The molecule has 1 aliphatic rings. The summed E-state index contributed by atoms with van der Waals surface area (Å²) in [6, 6.07) is 3.42. The third-order valence-electron chi connectivity index (χ3n) is 4.14. The molecule has 94 valence electrons. The Morgan fingerprint density at radius 1 is 1.29 bits per heavy atom. The molecule has 0 saturated heterocycles. The van der Waals surface area contributed by atoms with Gasteiger partial charge in [-0.25, -0.2) is 8.78 Å². The fourth-order valence-corrected chi connectivity index (χ4v) is 2.95. The molecule has 0 radical (unpaired) electrons. The quantitative estimate of drug-likeness (QED) is 0.847. The van der Waals surface area contributed by atoms with E-state index in [4.69, 9.17) is 0 Å². The highest BCUT2D eigenvalue weighted by atomic mass is 19.1. The van der Waals surface area contributed by atoms with E-state index >= 15 is 0 Å². The van der Waals surface area contributed by atoms with Crippen molar-refractivity contribution < 1.29 is 13.9 Å². The first kappa shape index (κ1) is 12.5. The number of hydrogen-bond acceptors (Lipinski definition) is 1. The topological polar surface area (TPSA) is 20.2 Å². The summed E-state index contributed by atoms with van der Waals surface area (Å²) in [5, 5.41) is 10.4. The lowest BCUT2D eigenvalue weighted by atomic mass is 9.75. The Kier molecular flexibility index (Phi) is 3.48. The summed E-state index contributed by atoms with van der Waals surface area (Å²) in [6.07, 6.45) is 3.99. The second-order valence-electron chi connectivity index (χ2n) is 4.99. The van der Waals surface area contributed by atoms with Crippen molar-refractivity contribution in [1.82, 2.24) is 0 Å². The van der Waals surface area contributed by atoms with Crippen molar-refractivity contribution in [2.24, 2.45) is 5.41 Å². The molecule has 1 N–H and O–H groups in total. The van der Waals surface area contributed by atoms with Crippen LogP contribution in [0.5, 0.6) is 0 Å². The molecule has 2 rings (SSSR count). The van der Waals surface area contributed by atoms with Crippen LogP contribution in [0, 0.1) is 17.0 Å². The molecule has 0 bridgehead atoms. The largest absolute Gasteiger partial charge is 0.388 e. The minimum Gasteiger partial charge on any atom is -0.388 e. The Morgan fingerprint density at radius 3 is 2.47 bits per heavy atom. The van der Waals surface area contributed by atoms with Crippen LogP contribution in [0.15, 0.2) is 18.2 Å². The van der Waals surface area contributed by atoms with Gasteiger partial charge >= 0.3 is 0 Å². The number of benzene rings is 1. The van der Waals surface area contributed by atoms with Gasteiger partial charge in [-0.15, -0.1) is 0 Å². The van der Waals surface area contributed by atoms with Crippen LogP contribution >= 0.6 is 0 Å². The lowest BCUT2D eigenvalue weighted by Crippen LogP contribution is -2.25. The summed E-state index contributed by atoms with van der Waals surface area (Å²) in [7, 11) is 0. The van der Waals surface area contributed by atoms with Gasteiger partial charge in [0.2, 0.25) is 0 Å². The maximum absolute atomic E-state index is 13.7. The van der Waals surface area contributed by atoms with Gasteiger partial charge in [0, 0.05) is 17.0 Å². The molecular weight excluding hydrogens is 222 g/mol. The van der Waals surface area contributed by atoms with Crippen molar-refractivity contribution in [2.45, 2.75) is 45.1 Å². The van der Waals surface area contributed by atoms with Gasteiger partial charge in [0.1, 0.15) is 11.6 Å². The molecule has 1 unspecified atom stereocenters. The van der Waals surface area contributed by atoms with Gasteiger partial charge in [0.15, 0.2) is 0 Å². The maximum atomic E-state index is 13.7. The number of aliphatic hydroxyl groups excluding tert-OH is 1. The van der Waals surface area contributed by atoms with Crippen LogP contribution in [0.25, 0.3) is 0 Å². The average Bonchev–Trinajstić information content (AvgIpc) is 2.78. The van der Waals surface area contributed by atoms with E-state index in [2.05, 4.69) is 0 Å². The smallest absolute Gasteiger partial charge is 0.131 e. The van der Waals surface area contributed by atoms with Crippen molar-refractivity contribution in [2.75, 3.05) is 0 Å². The molecule has 17 heavy (non-hydrogen) atoms. The maximum Gasteiger partial charge on any atom is 0.131 e. The van der Waals surface area contributed by atoms with Crippen molar-refractivity contribution >= 4 is 0 Å². The first-order chi connectivity index (χ1) is 8.09. The molecule has 1 aliphatic carbocycles. The normalized spacial score (nSPS) is 20.5. The fraction of sp³-hybridized carbons (Fsp3) is 0.571. The van der Waals surface area contributed by atoms with Crippen molar-refractivity contribution in [3.8, 4) is 0 Å². The number of aliphatic hydroxyl groups is 1. The van der Waals surface area contributed by atoms with Crippen molar-refractivity contribution in [1.29, 1.82) is 0 Å². The molecule has 1 fully saturated rings. The fourth-order valence-electron chi connectivity index (χ4n) is 2.95. The molecule has 3 heteroatoms. The van der Waals surface area contributed by atoms with Gasteiger partial charge in [-0.1, -0.05) is 25.8 Å². The third kappa shape index (κ3) is 2.21. The van der Waals surface area contributed by atoms with Gasteiger partial charge in [-0.05, 0) is 25.3 Å². The molecule has 1 aromatic rings. The molecular formula is C14H18F2O. The predicted molar refractivity (Wildman–Crippen MR) is 62.5 cm³/mol. The van der Waals surface area contributed by atoms with Crippen LogP contribution in [0.4, 0.5) is 8.78 Å². The summed E-state index contributed by atoms with van der Waals surface area (Å²) in [5.41, 5.74) is 0.00808. The minimum absolute atomic E-state index is 0.224. The first-order valence-corrected chi connectivity index (χ1v) is 6.22. The Balaban J connectivity index is 2.32. The van der Waals surface area contributed by atoms with E-state index in [-0.39, 0.29) is 11.0 Å². The van der Waals surface area contributed by atoms with Crippen LogP contribution in [-0.4, -0.2) is 5.11 Å². The van der Waals surface area contributed by atoms with E-state index in [1.165, 1.54) is 12.1 Å². The van der Waals surface area contributed by atoms with Gasteiger partial charge in [0.25, 0.3) is 0 Å². The Hall–Kier alpha value is -0.960. The van der Waals surface area contributed by atoms with Gasteiger partial charge in [0.05, 0.1) is 6.10 Å². The second-order valence-corrected chi connectivity index (χ2v) is 4.99. The monoisotopic (exact) mass is 240 g/mol. The number of hydrogen-bond donors (Lipinski definition) is 1. The summed E-state index contributed by atoms with van der Waals surface area (Å²) >= 11 is 0. The molecule has 0 heterocycles. The predicted octanol–water partition coefficient (Wildman–Crippen LogP) is 3.97. The van der Waals surface area contributed by atoms with Crippen molar-refractivity contribution in [3.05, 3.63) is 35.4 Å². The third-order valence-corrected chi connectivity index (χ3v) is 4.14. The number of rotatable bonds is 3. The van der Waals surface area contributed by atoms with Crippen molar-refractivity contribution in [3.63, 3.8) is 0 Å². The molecule has 1 saturated carbocycles. The van der Waals surface area contributed by atoms with E-state index in [0.717, 1.165) is 38.2 Å². The van der Waals surface area contributed by atoms with E-state index in [0.29, 0.717) is 0 Å². The highest BCUT2D eigenvalue weighted by Gasteiger charge is 2.40. The minimum atomic E-state index is -0.824. The lowest BCUT2D eigenvalue weighted by molar-refractivity contribution is 0.0211. The Labute approximate surface area is 100 Å². The lowest BCUT2D eigenvalue weighted by Gasteiger charge is -2.33. The summed E-state index contributed by atoms with van der Waals surface area (Å²) in [6.45, 7) is 2.02. The van der Waals surface area contributed by atoms with Gasteiger partial charge < -0.3 is 5.11 Å². The van der Waals surface area contributed by atoms with E-state index in [1.807, 2.05) is 6.92 Å². The standard InChI is InChI=1S/C14H18F2O/c1-2-14(7-3-4-8-14)13(17)11-6-5-10(15)9-12(11)16/h5-6,9,13,17H,2-4,7-8H2,1H3. The molecule has 0 aromatic heterocycles. The zero-order valence-electron chi connectivity index (χ0n) is 10.0. The van der Waals surface area contributed by atoms with Crippen LogP contribution in [-0.2, 0) is 0 Å². The highest BCUT2D eigenvalue weighted by Crippen LogP contribution is 2.50. The number of halogens is 2. The summed E-state index contributed by atoms with van der Waals surface area (Å²) in [5.74, 6) is -1.24. The highest BCUT2D eigenvalue weighted by molar-refractivity contribution is 5.23. The van der Waals surface area contributed by atoms with Crippen LogP contribution < -0.4 is 0 Å². The molecule has 0 amide bonds. The molecule has 1 nitrogen and oxygen atoms in total.